The third-order valence-electron chi connectivity index (χ3n) is 5.29. The average Bonchev–Trinajstić information content (AvgIpc) is 3.44. The molecule has 7 heteroatoms. The van der Waals surface area contributed by atoms with Crippen LogP contribution >= 0.6 is 0 Å². The van der Waals surface area contributed by atoms with Crippen LogP contribution in [0.4, 0.5) is 15.8 Å². The minimum Gasteiger partial charge on any atom is -0.370 e. The predicted molar refractivity (Wildman–Crippen MR) is 98.2 cm³/mol. The second kappa shape index (κ2) is 6.23. The number of anilines is 2. The summed E-state index contributed by atoms with van der Waals surface area (Å²) in [5.41, 5.74) is 4.17. The zero-order valence-electron chi connectivity index (χ0n) is 14.6. The van der Waals surface area contributed by atoms with E-state index in [1.165, 1.54) is 25.0 Å². The molecule has 3 heterocycles. The number of halogens is 1. The van der Waals surface area contributed by atoms with Gasteiger partial charge in [0.15, 0.2) is 0 Å². The van der Waals surface area contributed by atoms with Crippen molar-refractivity contribution >= 4 is 17.0 Å². The summed E-state index contributed by atoms with van der Waals surface area (Å²) < 4.78 is 15.0. The molecule has 1 saturated carbocycles. The molecule has 0 unspecified atom stereocenters. The molecule has 134 valence electrons. The topological polar surface area (TPSA) is 49.6 Å². The van der Waals surface area contributed by atoms with Gasteiger partial charge in [0.05, 0.1) is 11.4 Å². The monoisotopic (exact) mass is 352 g/mol. The van der Waals surface area contributed by atoms with Gasteiger partial charge in [-0.25, -0.2) is 4.39 Å². The standard InChI is InChI=1S/C19H21FN6/c20-15-4-6-16(7-5-15)24-8-1-9-25(11-10-24)18-12-17(14-2-3-14)23-26-13-21-22-19(18)26/h4-7,12-14H,1-3,8-11H2. The van der Waals surface area contributed by atoms with Crippen LogP contribution < -0.4 is 9.80 Å². The summed E-state index contributed by atoms with van der Waals surface area (Å²) in [7, 11) is 0. The highest BCUT2D eigenvalue weighted by molar-refractivity contribution is 5.69. The van der Waals surface area contributed by atoms with Crippen LogP contribution in [-0.2, 0) is 0 Å². The van der Waals surface area contributed by atoms with Gasteiger partial charge in [0.1, 0.15) is 12.1 Å². The van der Waals surface area contributed by atoms with Crippen molar-refractivity contribution in [2.24, 2.45) is 0 Å². The summed E-state index contributed by atoms with van der Waals surface area (Å²) in [6, 6.07) is 8.99. The summed E-state index contributed by atoms with van der Waals surface area (Å²) in [4.78, 5) is 4.71. The van der Waals surface area contributed by atoms with Gasteiger partial charge in [-0.3, -0.25) is 0 Å². The van der Waals surface area contributed by atoms with Crippen molar-refractivity contribution in [1.82, 2.24) is 19.8 Å². The van der Waals surface area contributed by atoms with Crippen LogP contribution in [0.2, 0.25) is 0 Å². The third kappa shape index (κ3) is 2.87. The molecular weight excluding hydrogens is 331 g/mol. The lowest BCUT2D eigenvalue weighted by Crippen LogP contribution is -2.31. The van der Waals surface area contributed by atoms with Crippen LogP contribution in [0.3, 0.4) is 0 Å². The normalized spacial score (nSPS) is 18.3. The Labute approximate surface area is 151 Å². The molecule has 0 radical (unpaired) electrons. The molecule has 5 rings (SSSR count). The molecule has 1 saturated heterocycles. The van der Waals surface area contributed by atoms with E-state index in [9.17, 15) is 4.39 Å². The van der Waals surface area contributed by atoms with E-state index in [4.69, 9.17) is 0 Å². The van der Waals surface area contributed by atoms with Crippen molar-refractivity contribution in [3.05, 3.63) is 48.2 Å². The number of hydrogen-bond donors (Lipinski definition) is 0. The number of aromatic nitrogens is 4. The van der Waals surface area contributed by atoms with Gasteiger partial charge in [-0.15, -0.1) is 10.2 Å². The fourth-order valence-corrected chi connectivity index (χ4v) is 3.71. The SMILES string of the molecule is Fc1ccc(N2CCCN(c3cc(C4CC4)nn4cnnc34)CC2)cc1. The van der Waals surface area contributed by atoms with Crippen LogP contribution in [0.5, 0.6) is 0 Å². The highest BCUT2D eigenvalue weighted by atomic mass is 19.1. The van der Waals surface area contributed by atoms with Crippen molar-refractivity contribution in [3.8, 4) is 0 Å². The Bertz CT molecular complexity index is 917. The maximum absolute atomic E-state index is 13.2. The number of rotatable bonds is 3. The molecule has 1 aliphatic heterocycles. The third-order valence-corrected chi connectivity index (χ3v) is 5.29. The van der Waals surface area contributed by atoms with Crippen LogP contribution in [0.1, 0.15) is 30.9 Å². The highest BCUT2D eigenvalue weighted by Gasteiger charge is 2.28. The van der Waals surface area contributed by atoms with Gasteiger partial charge in [-0.1, -0.05) is 0 Å². The first-order valence-electron chi connectivity index (χ1n) is 9.24. The van der Waals surface area contributed by atoms with E-state index >= 15 is 0 Å². The second-order valence-corrected chi connectivity index (χ2v) is 7.13. The van der Waals surface area contributed by atoms with E-state index in [0.717, 1.165) is 55.3 Å². The number of fused-ring (bicyclic) bond motifs is 1. The fourth-order valence-electron chi connectivity index (χ4n) is 3.71. The summed E-state index contributed by atoms with van der Waals surface area (Å²) in [5, 5.41) is 13.0. The summed E-state index contributed by atoms with van der Waals surface area (Å²) in [6.07, 6.45) is 5.17. The fraction of sp³-hybridized carbons (Fsp3) is 0.421. The van der Waals surface area contributed by atoms with E-state index in [0.29, 0.717) is 5.92 Å². The molecule has 0 bridgehead atoms. The molecule has 0 amide bonds. The van der Waals surface area contributed by atoms with Gasteiger partial charge in [0.2, 0.25) is 5.65 Å². The van der Waals surface area contributed by atoms with E-state index in [1.54, 1.807) is 6.33 Å². The van der Waals surface area contributed by atoms with Crippen molar-refractivity contribution in [1.29, 1.82) is 0 Å². The number of benzene rings is 1. The second-order valence-electron chi connectivity index (χ2n) is 7.13. The zero-order chi connectivity index (χ0) is 17.5. The maximum Gasteiger partial charge on any atom is 0.200 e. The molecule has 26 heavy (non-hydrogen) atoms. The van der Waals surface area contributed by atoms with Crippen molar-refractivity contribution in [2.45, 2.75) is 25.2 Å². The Hall–Kier alpha value is -2.70. The molecule has 1 aliphatic carbocycles. The smallest absolute Gasteiger partial charge is 0.200 e. The Morgan fingerprint density at radius 3 is 2.54 bits per heavy atom. The largest absolute Gasteiger partial charge is 0.370 e. The number of hydrogen-bond acceptors (Lipinski definition) is 5. The Morgan fingerprint density at radius 1 is 0.962 bits per heavy atom. The molecule has 6 nitrogen and oxygen atoms in total. The first kappa shape index (κ1) is 15.5. The minimum atomic E-state index is -0.191. The minimum absolute atomic E-state index is 0.191. The molecular formula is C19H21FN6. The van der Waals surface area contributed by atoms with Gasteiger partial charge in [-0.05, 0) is 49.6 Å². The summed E-state index contributed by atoms with van der Waals surface area (Å²) in [6.45, 7) is 3.72. The first-order chi connectivity index (χ1) is 12.8. The zero-order valence-corrected chi connectivity index (χ0v) is 14.6. The van der Waals surface area contributed by atoms with Gasteiger partial charge >= 0.3 is 0 Å². The van der Waals surface area contributed by atoms with Gasteiger partial charge in [0.25, 0.3) is 0 Å². The summed E-state index contributed by atoms with van der Waals surface area (Å²) >= 11 is 0. The van der Waals surface area contributed by atoms with Gasteiger partial charge in [0, 0.05) is 37.8 Å². The lowest BCUT2D eigenvalue weighted by molar-refractivity contribution is 0.627. The van der Waals surface area contributed by atoms with E-state index in [2.05, 4.69) is 31.2 Å². The lowest BCUT2D eigenvalue weighted by atomic mass is 10.2. The van der Waals surface area contributed by atoms with Crippen LogP contribution in [0, 0.1) is 5.82 Å². The molecule has 1 aromatic carbocycles. The van der Waals surface area contributed by atoms with Crippen LogP contribution in [0.25, 0.3) is 5.65 Å². The van der Waals surface area contributed by atoms with Crippen molar-refractivity contribution < 1.29 is 4.39 Å². The van der Waals surface area contributed by atoms with E-state index in [-0.39, 0.29) is 5.82 Å². The molecule has 2 aromatic heterocycles. The predicted octanol–water partition coefficient (Wildman–Crippen LogP) is 2.86. The first-order valence-corrected chi connectivity index (χ1v) is 9.24. The van der Waals surface area contributed by atoms with Crippen LogP contribution in [0.15, 0.2) is 36.7 Å². The quantitative estimate of drug-likeness (QED) is 0.725. The highest BCUT2D eigenvalue weighted by Crippen LogP contribution is 2.40. The maximum atomic E-state index is 13.2. The Kier molecular flexibility index (Phi) is 3.72. The molecule has 3 aromatic rings. The van der Waals surface area contributed by atoms with Crippen molar-refractivity contribution in [2.75, 3.05) is 36.0 Å². The molecule has 0 spiro atoms. The van der Waals surface area contributed by atoms with E-state index in [1.807, 2.05) is 16.6 Å². The summed E-state index contributed by atoms with van der Waals surface area (Å²) in [5.74, 6) is 0.395. The Balaban J connectivity index is 1.41. The van der Waals surface area contributed by atoms with Gasteiger partial charge < -0.3 is 9.80 Å². The average molecular weight is 352 g/mol. The van der Waals surface area contributed by atoms with Crippen LogP contribution in [-0.4, -0.2) is 46.0 Å². The van der Waals surface area contributed by atoms with Crippen molar-refractivity contribution in [3.63, 3.8) is 0 Å². The molecule has 0 atom stereocenters. The molecule has 0 N–H and O–H groups in total. The molecule has 2 aliphatic rings. The molecule has 2 fully saturated rings. The number of nitrogens with zero attached hydrogens (tertiary/aromatic N) is 6. The lowest BCUT2D eigenvalue weighted by Gasteiger charge is -2.25. The Morgan fingerprint density at radius 2 is 1.73 bits per heavy atom. The van der Waals surface area contributed by atoms with E-state index < -0.39 is 0 Å². The van der Waals surface area contributed by atoms with Gasteiger partial charge in [-0.2, -0.15) is 9.61 Å².